The lowest BCUT2D eigenvalue weighted by Crippen LogP contribution is -2.46. The number of rotatable bonds is 15. The number of amides is 4. The highest BCUT2D eigenvalue weighted by atomic mass is 16.6. The molecule has 0 saturated carbocycles. The van der Waals surface area contributed by atoms with Gasteiger partial charge in [-0.1, -0.05) is 24.3 Å². The summed E-state index contributed by atoms with van der Waals surface area (Å²) < 4.78 is 33.3. The second kappa shape index (κ2) is 22.7. The number of aliphatic imine (C=N–C) groups is 2. The van der Waals surface area contributed by atoms with E-state index in [2.05, 4.69) is 9.98 Å². The average Bonchev–Trinajstić information content (AvgIpc) is 3.07. The van der Waals surface area contributed by atoms with Crippen LogP contribution in [-0.2, 0) is 31.8 Å². The minimum absolute atomic E-state index is 0.129. The number of unbranched alkanes of at least 4 members (excludes halogenated alkanes) is 3. The summed E-state index contributed by atoms with van der Waals surface area (Å²) >= 11 is 0. The van der Waals surface area contributed by atoms with E-state index in [4.69, 9.17) is 39.9 Å². The van der Waals surface area contributed by atoms with Crippen molar-refractivity contribution >= 4 is 36.3 Å². The van der Waals surface area contributed by atoms with Gasteiger partial charge in [0.1, 0.15) is 33.9 Å². The second-order valence-electron chi connectivity index (χ2n) is 18.1. The zero-order valence-corrected chi connectivity index (χ0v) is 37.7. The molecule has 16 heteroatoms. The summed E-state index contributed by atoms with van der Waals surface area (Å²) in [4.78, 5) is 60.1. The molecule has 0 unspecified atom stereocenters. The molecule has 0 radical (unpaired) electrons. The number of guanidine groups is 2. The Hall–Kier alpha value is -5.54. The van der Waals surface area contributed by atoms with Crippen molar-refractivity contribution < 1.29 is 47.6 Å². The molecule has 0 fully saturated rings. The van der Waals surface area contributed by atoms with E-state index in [0.29, 0.717) is 26.1 Å². The molecule has 0 bridgehead atoms. The van der Waals surface area contributed by atoms with Crippen LogP contribution in [0.2, 0.25) is 0 Å². The van der Waals surface area contributed by atoms with Crippen molar-refractivity contribution in [3.05, 3.63) is 59.7 Å². The zero-order valence-electron chi connectivity index (χ0n) is 37.7. The van der Waals surface area contributed by atoms with Crippen LogP contribution >= 0.6 is 0 Å². The fraction of sp³-hybridized carbons (Fsp3) is 0.591. The first-order valence-corrected chi connectivity index (χ1v) is 20.3. The summed E-state index contributed by atoms with van der Waals surface area (Å²) in [6, 6.07) is 15.1. The van der Waals surface area contributed by atoms with Crippen LogP contribution < -0.4 is 20.9 Å². The van der Waals surface area contributed by atoms with Crippen LogP contribution in [0.4, 0.5) is 19.2 Å². The molecule has 334 valence electrons. The molecule has 16 nitrogen and oxygen atoms in total. The molecule has 0 atom stereocenters. The van der Waals surface area contributed by atoms with Gasteiger partial charge in [-0.3, -0.25) is 0 Å². The van der Waals surface area contributed by atoms with Crippen molar-refractivity contribution in [2.45, 2.75) is 144 Å². The number of hydrogen-bond donors (Lipinski definition) is 2. The van der Waals surface area contributed by atoms with Crippen LogP contribution in [0.15, 0.2) is 58.5 Å². The quantitative estimate of drug-likeness (QED) is 0.0747. The Morgan fingerprint density at radius 3 is 1.07 bits per heavy atom. The normalized spacial score (nSPS) is 12.6. The van der Waals surface area contributed by atoms with Crippen LogP contribution in [0.25, 0.3) is 0 Å². The molecule has 0 aromatic heterocycles. The predicted octanol–water partition coefficient (Wildman–Crippen LogP) is 8.76. The number of nitrogens with two attached hydrogens (primary N) is 2. The van der Waals surface area contributed by atoms with E-state index in [-0.39, 0.29) is 25.0 Å². The maximum atomic E-state index is 12.9. The SMILES string of the molecule is CC(C)(C)OC(=O)N=C(N)N(CCc1ccc(OCCCCCCOc2ccc(CCN(C(=O)OC(C)(C)C)C(N)=NC(=O)OC(C)(C)C)cc2)cc1)C(=O)OC(C)(C)C. The molecule has 0 aliphatic carbocycles. The minimum Gasteiger partial charge on any atom is -0.494 e. The number of nitrogens with zero attached hydrogens (tertiary/aromatic N) is 4. The summed E-state index contributed by atoms with van der Waals surface area (Å²) in [7, 11) is 0. The van der Waals surface area contributed by atoms with E-state index in [1.165, 1.54) is 0 Å². The predicted molar refractivity (Wildman–Crippen MR) is 231 cm³/mol. The highest BCUT2D eigenvalue weighted by molar-refractivity contribution is 5.98. The topological polar surface area (TPSA) is 207 Å². The van der Waals surface area contributed by atoms with Crippen molar-refractivity contribution in [2.75, 3.05) is 26.3 Å². The van der Waals surface area contributed by atoms with Crippen molar-refractivity contribution in [2.24, 2.45) is 21.5 Å². The van der Waals surface area contributed by atoms with Crippen LogP contribution in [0.1, 0.15) is 120 Å². The number of benzene rings is 2. The lowest BCUT2D eigenvalue weighted by atomic mass is 10.1. The Kier molecular flexibility index (Phi) is 19.2. The Bertz CT molecular complexity index is 1620. The molecule has 2 aromatic carbocycles. The molecule has 0 spiro atoms. The van der Waals surface area contributed by atoms with Crippen molar-refractivity contribution in [3.63, 3.8) is 0 Å². The van der Waals surface area contributed by atoms with Crippen LogP contribution in [-0.4, -0.2) is 94.8 Å². The van der Waals surface area contributed by atoms with Crippen molar-refractivity contribution in [1.82, 2.24) is 9.80 Å². The van der Waals surface area contributed by atoms with Gasteiger partial charge in [0.2, 0.25) is 11.9 Å². The first-order valence-electron chi connectivity index (χ1n) is 20.3. The smallest absolute Gasteiger partial charge is 0.437 e. The van der Waals surface area contributed by atoms with Crippen LogP contribution in [0.3, 0.4) is 0 Å². The standard InChI is InChI=1S/C44H68N6O10/c1-41(2,3)57-37(51)47-35(45)49(39(53)59-43(7,8)9)27-25-31-17-21-33(22-18-31)55-29-15-13-14-16-30-56-34-23-19-32(20-24-34)26-28-50(40(54)60-44(10,11)12)36(46)48-38(52)58-42(4,5)6/h17-24H,13-16,25-30H2,1-12H3,(H2,45,47,51)(H2,46,48,52). The summed E-state index contributed by atoms with van der Waals surface area (Å²) in [5.41, 5.74) is 10.9. The van der Waals surface area contributed by atoms with E-state index < -0.39 is 46.8 Å². The van der Waals surface area contributed by atoms with Crippen molar-refractivity contribution in [3.8, 4) is 11.5 Å². The molecule has 0 aliphatic heterocycles. The van der Waals surface area contributed by atoms with Crippen LogP contribution in [0, 0.1) is 0 Å². The summed E-state index contributed by atoms with van der Waals surface area (Å²) in [6.45, 7) is 22.1. The highest BCUT2D eigenvalue weighted by Crippen LogP contribution is 2.18. The summed E-state index contributed by atoms with van der Waals surface area (Å²) in [6.07, 6.45) is 1.32. The zero-order chi connectivity index (χ0) is 45.3. The molecule has 2 rings (SSSR count). The fourth-order valence-corrected chi connectivity index (χ4v) is 5.03. The van der Waals surface area contributed by atoms with Gasteiger partial charge in [-0.2, -0.15) is 0 Å². The molecule has 0 heterocycles. The maximum absolute atomic E-state index is 12.9. The number of carbonyl (C=O) groups is 4. The molecular weight excluding hydrogens is 773 g/mol. The van der Waals surface area contributed by atoms with Gasteiger partial charge in [0.25, 0.3) is 0 Å². The number of carbonyl (C=O) groups excluding carboxylic acids is 4. The molecule has 0 saturated heterocycles. The fourth-order valence-electron chi connectivity index (χ4n) is 5.03. The maximum Gasteiger partial charge on any atom is 0.437 e. The van der Waals surface area contributed by atoms with E-state index in [1.807, 2.05) is 48.5 Å². The first kappa shape index (κ1) is 50.6. The Morgan fingerprint density at radius 2 is 0.783 bits per heavy atom. The molecule has 2 aromatic rings. The number of ether oxygens (including phenoxy) is 6. The lowest BCUT2D eigenvalue weighted by molar-refractivity contribution is 0.0353. The molecule has 4 N–H and O–H groups in total. The Labute approximate surface area is 355 Å². The van der Waals surface area contributed by atoms with E-state index in [1.54, 1.807) is 83.1 Å². The third-order valence-electron chi connectivity index (χ3n) is 7.65. The van der Waals surface area contributed by atoms with Gasteiger partial charge >= 0.3 is 24.4 Å². The van der Waals surface area contributed by atoms with Gasteiger partial charge in [-0.05, 0) is 157 Å². The largest absolute Gasteiger partial charge is 0.494 e. The van der Waals surface area contributed by atoms with Gasteiger partial charge in [-0.15, -0.1) is 9.98 Å². The van der Waals surface area contributed by atoms with Gasteiger partial charge in [0.05, 0.1) is 13.2 Å². The molecular formula is C44H68N6O10. The van der Waals surface area contributed by atoms with E-state index >= 15 is 0 Å². The monoisotopic (exact) mass is 840 g/mol. The summed E-state index contributed by atoms with van der Waals surface area (Å²) in [5.74, 6) is 0.844. The van der Waals surface area contributed by atoms with Gasteiger partial charge in [0, 0.05) is 13.1 Å². The Balaban J connectivity index is 1.78. The van der Waals surface area contributed by atoms with Gasteiger partial charge < -0.3 is 39.9 Å². The Morgan fingerprint density at radius 1 is 0.483 bits per heavy atom. The highest BCUT2D eigenvalue weighted by Gasteiger charge is 2.28. The molecule has 60 heavy (non-hydrogen) atoms. The van der Waals surface area contributed by atoms with E-state index in [0.717, 1.165) is 58.1 Å². The van der Waals surface area contributed by atoms with Crippen molar-refractivity contribution in [1.29, 1.82) is 0 Å². The second-order valence-corrected chi connectivity index (χ2v) is 18.1. The molecule has 0 aliphatic rings. The lowest BCUT2D eigenvalue weighted by Gasteiger charge is -2.27. The minimum atomic E-state index is -0.898. The third-order valence-corrected chi connectivity index (χ3v) is 7.65. The van der Waals surface area contributed by atoms with Gasteiger partial charge in [-0.25, -0.2) is 29.0 Å². The average molecular weight is 841 g/mol. The van der Waals surface area contributed by atoms with Crippen LogP contribution in [0.5, 0.6) is 11.5 Å². The first-order chi connectivity index (χ1) is 27.7. The number of hydrogen-bond acceptors (Lipinski definition) is 10. The van der Waals surface area contributed by atoms with Gasteiger partial charge in [0.15, 0.2) is 0 Å². The third kappa shape index (κ3) is 22.0. The molecule has 4 amide bonds. The summed E-state index contributed by atoms with van der Waals surface area (Å²) in [5, 5.41) is 0. The van der Waals surface area contributed by atoms with E-state index in [9.17, 15) is 19.2 Å².